The lowest BCUT2D eigenvalue weighted by atomic mass is 10.2. The number of methoxy groups -OCH3 is 1. The largest absolute Gasteiger partial charge is 0.494 e. The first-order valence-electron chi connectivity index (χ1n) is 3.36. The van der Waals surface area contributed by atoms with Crippen molar-refractivity contribution < 1.29 is 9.53 Å². The maximum Gasteiger partial charge on any atom is 0.181 e. The molecule has 1 aromatic heterocycles. The monoisotopic (exact) mass is 229 g/mol. The molecule has 0 bridgehead atoms. The molecule has 0 saturated carbocycles. The van der Waals surface area contributed by atoms with E-state index in [-0.39, 0.29) is 5.78 Å². The minimum Gasteiger partial charge on any atom is -0.494 e. The number of rotatable bonds is 2. The summed E-state index contributed by atoms with van der Waals surface area (Å²) < 4.78 is 5.59. The van der Waals surface area contributed by atoms with Crippen molar-refractivity contribution in [2.45, 2.75) is 6.92 Å². The van der Waals surface area contributed by atoms with E-state index in [0.29, 0.717) is 16.0 Å². The van der Waals surface area contributed by atoms with Crippen molar-refractivity contribution in [3.63, 3.8) is 0 Å². The molecule has 0 radical (unpaired) electrons. The van der Waals surface area contributed by atoms with Crippen LogP contribution < -0.4 is 4.74 Å². The number of Topliss-reactive ketones (excluding diaryl/α,β-unsaturated/α-hetero) is 1. The van der Waals surface area contributed by atoms with Crippen LogP contribution in [0.4, 0.5) is 0 Å². The van der Waals surface area contributed by atoms with Gasteiger partial charge in [0.1, 0.15) is 16.0 Å². The molecule has 0 saturated heterocycles. The number of carbonyl (C=O) groups excluding carboxylic acids is 1. The van der Waals surface area contributed by atoms with Gasteiger partial charge in [-0.3, -0.25) is 4.79 Å². The highest BCUT2D eigenvalue weighted by Gasteiger charge is 2.09. The summed E-state index contributed by atoms with van der Waals surface area (Å²) in [4.78, 5) is 15.0. The Morgan fingerprint density at radius 1 is 1.58 bits per heavy atom. The van der Waals surface area contributed by atoms with Crippen LogP contribution in [-0.4, -0.2) is 17.9 Å². The van der Waals surface area contributed by atoms with Gasteiger partial charge in [0.05, 0.1) is 7.11 Å². The zero-order valence-corrected chi connectivity index (χ0v) is 8.38. The smallest absolute Gasteiger partial charge is 0.181 e. The quantitative estimate of drug-likeness (QED) is 0.576. The van der Waals surface area contributed by atoms with Crippen molar-refractivity contribution in [2.24, 2.45) is 0 Å². The summed E-state index contributed by atoms with van der Waals surface area (Å²) in [7, 11) is 1.51. The van der Waals surface area contributed by atoms with Crippen LogP contribution in [0.2, 0.25) is 0 Å². The van der Waals surface area contributed by atoms with Gasteiger partial charge in [-0.15, -0.1) is 0 Å². The minimum absolute atomic E-state index is 0.104. The standard InChI is InChI=1S/C8H8BrNO2/c1-5(11)8-6(12-2)3-4-7(9)10-8/h3-4H,1-2H3. The summed E-state index contributed by atoms with van der Waals surface area (Å²) in [5, 5.41) is 0. The Labute approximate surface area is 78.9 Å². The molecule has 3 nitrogen and oxygen atoms in total. The number of halogens is 1. The van der Waals surface area contributed by atoms with Crippen LogP contribution in [0.3, 0.4) is 0 Å². The predicted octanol–water partition coefficient (Wildman–Crippen LogP) is 2.06. The third-order valence-electron chi connectivity index (χ3n) is 1.38. The predicted molar refractivity (Wildman–Crippen MR) is 48.5 cm³/mol. The zero-order valence-electron chi connectivity index (χ0n) is 6.80. The number of hydrogen-bond acceptors (Lipinski definition) is 3. The SMILES string of the molecule is COc1ccc(Br)nc1C(C)=O. The van der Waals surface area contributed by atoms with Gasteiger partial charge in [0.15, 0.2) is 5.78 Å². The van der Waals surface area contributed by atoms with E-state index in [2.05, 4.69) is 20.9 Å². The van der Waals surface area contributed by atoms with Crippen molar-refractivity contribution in [1.29, 1.82) is 0 Å². The van der Waals surface area contributed by atoms with Gasteiger partial charge in [-0.25, -0.2) is 4.98 Å². The molecule has 1 rings (SSSR count). The first kappa shape index (κ1) is 9.19. The second kappa shape index (κ2) is 3.67. The van der Waals surface area contributed by atoms with Crippen LogP contribution in [0.25, 0.3) is 0 Å². The van der Waals surface area contributed by atoms with Crippen molar-refractivity contribution in [1.82, 2.24) is 4.98 Å². The summed E-state index contributed by atoms with van der Waals surface area (Å²) in [6.45, 7) is 1.46. The number of ketones is 1. The first-order valence-corrected chi connectivity index (χ1v) is 4.16. The summed E-state index contributed by atoms with van der Waals surface area (Å²) >= 11 is 3.17. The number of ether oxygens (including phenoxy) is 1. The van der Waals surface area contributed by atoms with Gasteiger partial charge in [-0.1, -0.05) is 0 Å². The van der Waals surface area contributed by atoms with Gasteiger partial charge < -0.3 is 4.74 Å². The van der Waals surface area contributed by atoms with Crippen molar-refractivity contribution in [3.8, 4) is 5.75 Å². The molecule has 1 heterocycles. The van der Waals surface area contributed by atoms with Crippen molar-refractivity contribution >= 4 is 21.7 Å². The number of hydrogen-bond donors (Lipinski definition) is 0. The molecular formula is C8H8BrNO2. The third-order valence-corrected chi connectivity index (χ3v) is 1.82. The molecule has 1 aromatic rings. The van der Waals surface area contributed by atoms with Gasteiger partial charge in [0.25, 0.3) is 0 Å². The van der Waals surface area contributed by atoms with E-state index in [1.165, 1.54) is 14.0 Å². The molecule has 0 unspecified atom stereocenters. The van der Waals surface area contributed by atoms with Gasteiger partial charge in [0.2, 0.25) is 0 Å². The molecule has 0 amide bonds. The zero-order chi connectivity index (χ0) is 9.14. The Hall–Kier alpha value is -0.900. The number of pyridine rings is 1. The Balaban J connectivity index is 3.21. The lowest BCUT2D eigenvalue weighted by molar-refractivity contribution is 0.100. The fraction of sp³-hybridized carbons (Fsp3) is 0.250. The van der Waals surface area contributed by atoms with Crippen LogP contribution in [0.1, 0.15) is 17.4 Å². The maximum atomic E-state index is 11.0. The topological polar surface area (TPSA) is 39.2 Å². The molecular weight excluding hydrogens is 222 g/mol. The summed E-state index contributed by atoms with van der Waals surface area (Å²) in [5.74, 6) is 0.402. The lowest BCUT2D eigenvalue weighted by Gasteiger charge is -2.03. The van der Waals surface area contributed by atoms with Crippen LogP contribution in [0.5, 0.6) is 5.75 Å². The van der Waals surface area contributed by atoms with Crippen LogP contribution in [0, 0.1) is 0 Å². The molecule has 0 N–H and O–H groups in total. The van der Waals surface area contributed by atoms with E-state index in [1.54, 1.807) is 12.1 Å². The van der Waals surface area contributed by atoms with Crippen LogP contribution >= 0.6 is 15.9 Å². The normalized spacial score (nSPS) is 9.58. The Bertz CT molecular complexity index is 312. The van der Waals surface area contributed by atoms with Gasteiger partial charge >= 0.3 is 0 Å². The highest BCUT2D eigenvalue weighted by molar-refractivity contribution is 9.10. The first-order chi connectivity index (χ1) is 5.65. The molecule has 0 aliphatic heterocycles. The molecule has 0 atom stereocenters. The average molecular weight is 230 g/mol. The minimum atomic E-state index is -0.104. The summed E-state index contributed by atoms with van der Waals surface area (Å²) in [5.41, 5.74) is 0.354. The molecule has 0 spiro atoms. The van der Waals surface area contributed by atoms with Crippen LogP contribution in [0.15, 0.2) is 16.7 Å². The second-order valence-corrected chi connectivity index (χ2v) is 3.05. The number of carbonyl (C=O) groups is 1. The maximum absolute atomic E-state index is 11.0. The third kappa shape index (κ3) is 1.82. The van der Waals surface area contributed by atoms with Gasteiger partial charge in [-0.05, 0) is 28.1 Å². The van der Waals surface area contributed by atoms with Gasteiger partial charge in [-0.2, -0.15) is 0 Å². The molecule has 4 heteroatoms. The van der Waals surface area contributed by atoms with E-state index in [1.807, 2.05) is 0 Å². The van der Waals surface area contributed by atoms with Gasteiger partial charge in [0, 0.05) is 6.92 Å². The fourth-order valence-electron chi connectivity index (χ4n) is 0.839. The highest BCUT2D eigenvalue weighted by atomic mass is 79.9. The number of nitrogens with zero attached hydrogens (tertiary/aromatic N) is 1. The Morgan fingerprint density at radius 2 is 2.25 bits per heavy atom. The van der Waals surface area contributed by atoms with Crippen molar-refractivity contribution in [2.75, 3.05) is 7.11 Å². The summed E-state index contributed by atoms with van der Waals surface area (Å²) in [6, 6.07) is 3.43. The Morgan fingerprint density at radius 3 is 2.75 bits per heavy atom. The molecule has 0 aliphatic rings. The van der Waals surface area contributed by atoms with E-state index in [9.17, 15) is 4.79 Å². The molecule has 64 valence electrons. The fourth-order valence-corrected chi connectivity index (χ4v) is 1.15. The van der Waals surface area contributed by atoms with E-state index < -0.39 is 0 Å². The summed E-state index contributed by atoms with van der Waals surface area (Å²) in [6.07, 6.45) is 0. The lowest BCUT2D eigenvalue weighted by Crippen LogP contribution is -2.00. The van der Waals surface area contributed by atoms with Crippen LogP contribution in [-0.2, 0) is 0 Å². The van der Waals surface area contributed by atoms with E-state index in [0.717, 1.165) is 0 Å². The molecule has 0 aromatic carbocycles. The molecule has 0 aliphatic carbocycles. The Kier molecular flexibility index (Phi) is 2.81. The number of aromatic nitrogens is 1. The van der Waals surface area contributed by atoms with Crippen molar-refractivity contribution in [3.05, 3.63) is 22.4 Å². The average Bonchev–Trinajstić information content (AvgIpc) is 2.04. The molecule has 12 heavy (non-hydrogen) atoms. The van der Waals surface area contributed by atoms with E-state index >= 15 is 0 Å². The second-order valence-electron chi connectivity index (χ2n) is 2.24. The molecule has 0 fully saturated rings. The highest BCUT2D eigenvalue weighted by Crippen LogP contribution is 2.19. The van der Waals surface area contributed by atoms with E-state index in [4.69, 9.17) is 4.74 Å².